The molecule has 0 atom stereocenters. The van der Waals surface area contributed by atoms with E-state index in [-0.39, 0.29) is 25.2 Å². The summed E-state index contributed by atoms with van der Waals surface area (Å²) in [5.41, 5.74) is 1.91. The first kappa shape index (κ1) is 24.4. The van der Waals surface area contributed by atoms with E-state index in [2.05, 4.69) is 15.4 Å². The molecule has 0 fully saturated rings. The zero-order valence-corrected chi connectivity index (χ0v) is 19.9. The highest BCUT2D eigenvalue weighted by Gasteiger charge is 2.11. The van der Waals surface area contributed by atoms with Crippen LogP contribution in [0.15, 0.2) is 82.6 Å². The Kier molecular flexibility index (Phi) is 7.54. The highest BCUT2D eigenvalue weighted by Crippen LogP contribution is 2.27. The van der Waals surface area contributed by atoms with E-state index in [1.165, 1.54) is 23.0 Å². The van der Waals surface area contributed by atoms with Gasteiger partial charge in [0.15, 0.2) is 0 Å². The van der Waals surface area contributed by atoms with E-state index < -0.39 is 11.5 Å². The number of rotatable bonds is 9. The summed E-state index contributed by atoms with van der Waals surface area (Å²) in [7, 11) is 3.14. The van der Waals surface area contributed by atoms with Gasteiger partial charge >= 0.3 is 0 Å². The molecule has 4 aromatic rings. The fourth-order valence-corrected chi connectivity index (χ4v) is 3.58. The molecule has 2 aromatic heterocycles. The molecule has 1 amide bonds. The molecule has 36 heavy (non-hydrogen) atoms. The van der Waals surface area contributed by atoms with Crippen molar-refractivity contribution in [1.29, 1.82) is 0 Å². The highest BCUT2D eigenvalue weighted by molar-refractivity contribution is 5.75. The molecule has 0 aliphatic heterocycles. The summed E-state index contributed by atoms with van der Waals surface area (Å²) >= 11 is 0. The summed E-state index contributed by atoms with van der Waals surface area (Å²) in [5, 5.41) is 7.02. The lowest BCUT2D eigenvalue weighted by Gasteiger charge is -2.11. The third-order valence-electron chi connectivity index (χ3n) is 5.48. The van der Waals surface area contributed by atoms with Crippen LogP contribution in [-0.4, -0.2) is 46.0 Å². The summed E-state index contributed by atoms with van der Waals surface area (Å²) < 4.78 is 13.0. The second-order valence-electron chi connectivity index (χ2n) is 7.80. The van der Waals surface area contributed by atoms with E-state index >= 15 is 0 Å². The van der Waals surface area contributed by atoms with Crippen molar-refractivity contribution < 1.29 is 14.3 Å². The van der Waals surface area contributed by atoms with Gasteiger partial charge in [-0.1, -0.05) is 12.1 Å². The average molecular weight is 488 g/mol. The Morgan fingerprint density at radius 3 is 2.42 bits per heavy atom. The van der Waals surface area contributed by atoms with Gasteiger partial charge in [0.1, 0.15) is 18.0 Å². The predicted octanol–water partition coefficient (Wildman–Crippen LogP) is 1.97. The maximum absolute atomic E-state index is 12.5. The minimum Gasteiger partial charge on any atom is -0.497 e. The smallest absolute Gasteiger partial charge is 0.267 e. The SMILES string of the molecule is COc1ccc(-c2cc(=O)n(CCNC(=O)Cn3nc(-c4ccccc4OC)ccc3=O)cn2)cc1. The summed E-state index contributed by atoms with van der Waals surface area (Å²) in [6, 6.07) is 18.9. The molecule has 0 saturated heterocycles. The zero-order valence-electron chi connectivity index (χ0n) is 19.9. The first-order valence-corrected chi connectivity index (χ1v) is 11.2. The lowest BCUT2D eigenvalue weighted by Crippen LogP contribution is -2.36. The lowest BCUT2D eigenvalue weighted by molar-refractivity contribution is -0.121. The molecule has 4 rings (SSSR count). The summed E-state index contributed by atoms with van der Waals surface area (Å²) in [6.45, 7) is 0.151. The van der Waals surface area contributed by atoms with Crippen LogP contribution in [0.2, 0.25) is 0 Å². The number of ether oxygens (including phenoxy) is 2. The predicted molar refractivity (Wildman–Crippen MR) is 134 cm³/mol. The average Bonchev–Trinajstić information content (AvgIpc) is 2.91. The van der Waals surface area contributed by atoms with Crippen molar-refractivity contribution in [1.82, 2.24) is 24.6 Å². The number of methoxy groups -OCH3 is 2. The van der Waals surface area contributed by atoms with E-state index in [0.717, 1.165) is 10.2 Å². The third kappa shape index (κ3) is 5.66. The Balaban J connectivity index is 1.37. The normalized spacial score (nSPS) is 10.6. The Morgan fingerprint density at radius 1 is 0.917 bits per heavy atom. The number of amides is 1. The molecule has 1 N–H and O–H groups in total. The van der Waals surface area contributed by atoms with E-state index in [4.69, 9.17) is 9.47 Å². The van der Waals surface area contributed by atoms with Crippen molar-refractivity contribution in [3.05, 3.63) is 93.8 Å². The van der Waals surface area contributed by atoms with Crippen LogP contribution >= 0.6 is 0 Å². The minimum atomic E-state index is -0.405. The fourth-order valence-electron chi connectivity index (χ4n) is 3.58. The van der Waals surface area contributed by atoms with Crippen LogP contribution in [-0.2, 0) is 17.9 Å². The summed E-state index contributed by atoms with van der Waals surface area (Å²) in [5.74, 6) is 0.918. The Bertz CT molecular complexity index is 1480. The molecule has 184 valence electrons. The monoisotopic (exact) mass is 487 g/mol. The van der Waals surface area contributed by atoms with Crippen molar-refractivity contribution in [2.24, 2.45) is 0 Å². The van der Waals surface area contributed by atoms with Crippen molar-refractivity contribution in [2.45, 2.75) is 13.1 Å². The zero-order chi connectivity index (χ0) is 25.5. The molecule has 0 radical (unpaired) electrons. The molecule has 10 nitrogen and oxygen atoms in total. The third-order valence-corrected chi connectivity index (χ3v) is 5.48. The van der Waals surface area contributed by atoms with Crippen molar-refractivity contribution in [3.63, 3.8) is 0 Å². The van der Waals surface area contributed by atoms with Crippen LogP contribution < -0.4 is 25.9 Å². The molecular formula is C26H25N5O5. The molecule has 0 aliphatic rings. The van der Waals surface area contributed by atoms with Gasteiger partial charge in [-0.05, 0) is 42.5 Å². The van der Waals surface area contributed by atoms with Gasteiger partial charge in [0, 0.05) is 36.3 Å². The molecule has 10 heteroatoms. The molecular weight excluding hydrogens is 462 g/mol. The van der Waals surface area contributed by atoms with Crippen molar-refractivity contribution in [3.8, 4) is 34.0 Å². The molecule has 2 heterocycles. The number of nitrogens with zero attached hydrogens (tertiary/aromatic N) is 4. The van der Waals surface area contributed by atoms with Crippen molar-refractivity contribution in [2.75, 3.05) is 20.8 Å². The van der Waals surface area contributed by atoms with Gasteiger partial charge in [-0.2, -0.15) is 5.10 Å². The number of hydrogen-bond acceptors (Lipinski definition) is 7. The lowest BCUT2D eigenvalue weighted by atomic mass is 10.1. The quantitative estimate of drug-likeness (QED) is 0.384. The van der Waals surface area contributed by atoms with Crippen LogP contribution in [0.5, 0.6) is 11.5 Å². The Morgan fingerprint density at radius 2 is 1.69 bits per heavy atom. The van der Waals surface area contributed by atoms with E-state index in [9.17, 15) is 14.4 Å². The second-order valence-corrected chi connectivity index (χ2v) is 7.80. The Labute approximate surface area is 206 Å². The van der Waals surface area contributed by atoms with E-state index in [1.807, 2.05) is 30.3 Å². The Hall–Kier alpha value is -4.73. The number of nitrogens with one attached hydrogen (secondary N) is 1. The summed E-state index contributed by atoms with van der Waals surface area (Å²) in [4.78, 5) is 41.5. The minimum absolute atomic E-state index is 0.184. The fraction of sp³-hybridized carbons (Fsp3) is 0.192. The first-order valence-electron chi connectivity index (χ1n) is 11.2. The number of para-hydroxylation sites is 1. The molecule has 2 aromatic carbocycles. The van der Waals surface area contributed by atoms with E-state index in [0.29, 0.717) is 28.5 Å². The van der Waals surface area contributed by atoms with Gasteiger partial charge < -0.3 is 14.8 Å². The van der Waals surface area contributed by atoms with Crippen molar-refractivity contribution >= 4 is 5.91 Å². The number of carbonyl (C=O) groups excluding carboxylic acids is 1. The first-order chi connectivity index (χ1) is 17.5. The number of benzene rings is 2. The van der Waals surface area contributed by atoms with Gasteiger partial charge in [-0.15, -0.1) is 0 Å². The number of hydrogen-bond donors (Lipinski definition) is 1. The summed E-state index contributed by atoms with van der Waals surface area (Å²) in [6.07, 6.45) is 1.44. The van der Waals surface area contributed by atoms with Gasteiger partial charge in [0.2, 0.25) is 5.91 Å². The van der Waals surface area contributed by atoms with Gasteiger partial charge in [-0.3, -0.25) is 19.0 Å². The molecule has 0 saturated carbocycles. The molecule has 0 aliphatic carbocycles. The largest absolute Gasteiger partial charge is 0.497 e. The maximum Gasteiger partial charge on any atom is 0.267 e. The number of aromatic nitrogens is 4. The molecule has 0 spiro atoms. The number of carbonyl (C=O) groups is 1. The molecule has 0 unspecified atom stereocenters. The van der Waals surface area contributed by atoms with Gasteiger partial charge in [0.05, 0.1) is 31.9 Å². The van der Waals surface area contributed by atoms with Gasteiger partial charge in [-0.25, -0.2) is 9.67 Å². The molecule has 0 bridgehead atoms. The second kappa shape index (κ2) is 11.1. The van der Waals surface area contributed by atoms with Crippen LogP contribution in [0, 0.1) is 0 Å². The van der Waals surface area contributed by atoms with Crippen LogP contribution in [0.3, 0.4) is 0 Å². The highest BCUT2D eigenvalue weighted by atomic mass is 16.5. The topological polar surface area (TPSA) is 117 Å². The van der Waals surface area contributed by atoms with Crippen LogP contribution in [0.4, 0.5) is 0 Å². The van der Waals surface area contributed by atoms with Gasteiger partial charge in [0.25, 0.3) is 11.1 Å². The maximum atomic E-state index is 12.5. The van der Waals surface area contributed by atoms with Crippen LogP contribution in [0.25, 0.3) is 22.5 Å². The van der Waals surface area contributed by atoms with Crippen LogP contribution in [0.1, 0.15) is 0 Å². The van der Waals surface area contributed by atoms with E-state index in [1.54, 1.807) is 38.5 Å². The standard InChI is InChI=1S/C26H25N5O5/c1-35-19-9-7-18(8-10-19)22-15-26(34)30(17-28-22)14-13-27-24(32)16-31-25(33)12-11-21(29-31)20-5-3-4-6-23(20)36-2/h3-12,15,17H,13-14,16H2,1-2H3,(H,27,32).